The summed E-state index contributed by atoms with van der Waals surface area (Å²) in [6, 6.07) is 0. The van der Waals surface area contributed by atoms with Crippen LogP contribution in [0.1, 0.15) is 6.42 Å². The van der Waals surface area contributed by atoms with E-state index in [-0.39, 0.29) is 0 Å². The van der Waals surface area contributed by atoms with Crippen molar-refractivity contribution < 1.29 is 19.1 Å². The molecule has 0 aromatic rings. The van der Waals surface area contributed by atoms with E-state index in [9.17, 15) is 9.59 Å². The Kier molecular flexibility index (Phi) is 5.37. The van der Waals surface area contributed by atoms with Gasteiger partial charge in [-0.15, -0.1) is 0 Å². The van der Waals surface area contributed by atoms with Gasteiger partial charge < -0.3 is 14.3 Å². The van der Waals surface area contributed by atoms with Crippen LogP contribution in [-0.2, 0) is 19.1 Å². The predicted molar refractivity (Wildman–Crippen MR) is 38.1 cm³/mol. The highest BCUT2D eigenvalue weighted by Crippen LogP contribution is 2.01. The Balaban J connectivity index is 3.74. The summed E-state index contributed by atoms with van der Waals surface area (Å²) < 4.78 is 9.08. The van der Waals surface area contributed by atoms with E-state index in [1.54, 1.807) is 0 Å². The first-order chi connectivity index (χ1) is 5.26. The maximum atomic E-state index is 10.7. The van der Waals surface area contributed by atoms with E-state index in [0.717, 1.165) is 0 Å². The lowest BCUT2D eigenvalue weighted by atomic mass is 10.1. The zero-order valence-electron chi connectivity index (χ0n) is 6.70. The van der Waals surface area contributed by atoms with Crippen LogP contribution >= 0.6 is 0 Å². The van der Waals surface area contributed by atoms with Crippen LogP contribution in [0.2, 0.25) is 0 Å². The fourth-order valence-corrected chi connectivity index (χ4v) is 0.638. The molecule has 11 heavy (non-hydrogen) atoms. The molecule has 0 aliphatic heterocycles. The van der Waals surface area contributed by atoms with Crippen LogP contribution in [0, 0.1) is 5.92 Å². The maximum absolute atomic E-state index is 10.7. The summed E-state index contributed by atoms with van der Waals surface area (Å²) in [5.41, 5.74) is 0. The molecular formula is C7H12O4. The summed E-state index contributed by atoms with van der Waals surface area (Å²) in [6.07, 6.45) is 0.956. The number of ether oxygens (including phenoxy) is 2. The Bertz CT molecular complexity index is 132. The number of aldehydes is 1. The summed E-state index contributed by atoms with van der Waals surface area (Å²) in [5.74, 6) is -1.18. The fraction of sp³-hybridized carbons (Fsp3) is 0.714. The average molecular weight is 160 g/mol. The average Bonchev–Trinajstić information content (AvgIpc) is 2.05. The molecule has 4 heteroatoms. The Morgan fingerprint density at radius 3 is 2.55 bits per heavy atom. The van der Waals surface area contributed by atoms with Gasteiger partial charge in [-0.25, -0.2) is 0 Å². The highest BCUT2D eigenvalue weighted by atomic mass is 16.5. The molecule has 0 fully saturated rings. The van der Waals surface area contributed by atoms with E-state index in [1.165, 1.54) is 14.2 Å². The van der Waals surface area contributed by atoms with Crippen LogP contribution < -0.4 is 0 Å². The van der Waals surface area contributed by atoms with Gasteiger partial charge in [0.25, 0.3) is 0 Å². The zero-order chi connectivity index (χ0) is 8.69. The first-order valence-corrected chi connectivity index (χ1v) is 3.28. The summed E-state index contributed by atoms with van der Waals surface area (Å²) in [7, 11) is 2.77. The normalized spacial score (nSPS) is 12.2. The van der Waals surface area contributed by atoms with Crippen LogP contribution in [0.5, 0.6) is 0 Å². The third kappa shape index (κ3) is 3.72. The van der Waals surface area contributed by atoms with Gasteiger partial charge in [-0.1, -0.05) is 0 Å². The summed E-state index contributed by atoms with van der Waals surface area (Å²) in [5, 5.41) is 0. The second-order valence-corrected chi connectivity index (χ2v) is 2.05. The number of carbonyl (C=O) groups is 2. The molecule has 0 heterocycles. The highest BCUT2D eigenvalue weighted by molar-refractivity contribution is 5.87. The molecule has 64 valence electrons. The van der Waals surface area contributed by atoms with Gasteiger partial charge in [-0.3, -0.25) is 4.79 Å². The number of methoxy groups -OCH3 is 2. The van der Waals surface area contributed by atoms with E-state index in [1.807, 2.05) is 0 Å². The molecule has 0 bridgehead atoms. The fourth-order valence-electron chi connectivity index (χ4n) is 0.638. The molecule has 0 aromatic carbocycles. The minimum atomic E-state index is -0.681. The zero-order valence-corrected chi connectivity index (χ0v) is 6.70. The number of carbonyl (C=O) groups excluding carboxylic acids is 2. The van der Waals surface area contributed by atoms with Crippen molar-refractivity contribution in [2.75, 3.05) is 20.8 Å². The van der Waals surface area contributed by atoms with Gasteiger partial charge in [0, 0.05) is 13.7 Å². The van der Waals surface area contributed by atoms with Crippen LogP contribution in [0.15, 0.2) is 0 Å². The van der Waals surface area contributed by atoms with Crippen LogP contribution in [-0.4, -0.2) is 33.1 Å². The van der Waals surface area contributed by atoms with Gasteiger partial charge in [0.05, 0.1) is 7.11 Å². The number of hydrogen-bond donors (Lipinski definition) is 0. The first-order valence-electron chi connectivity index (χ1n) is 3.28. The molecule has 0 amide bonds. The summed E-state index contributed by atoms with van der Waals surface area (Å²) in [4.78, 5) is 21.0. The lowest BCUT2D eigenvalue weighted by Crippen LogP contribution is -2.19. The first kappa shape index (κ1) is 10.1. The Labute approximate surface area is 65.5 Å². The van der Waals surface area contributed by atoms with Crippen LogP contribution in [0.25, 0.3) is 0 Å². The highest BCUT2D eigenvalue weighted by Gasteiger charge is 2.16. The Hall–Kier alpha value is -0.900. The standard InChI is InChI=1S/C7H12O4/c1-10-4-3-6(5-8)7(9)11-2/h5-6H,3-4H2,1-2H3. The monoisotopic (exact) mass is 160 g/mol. The Morgan fingerprint density at radius 1 is 1.55 bits per heavy atom. The van der Waals surface area contributed by atoms with Gasteiger partial charge in [0.15, 0.2) is 0 Å². The van der Waals surface area contributed by atoms with Crippen molar-refractivity contribution in [1.82, 2.24) is 0 Å². The topological polar surface area (TPSA) is 52.6 Å². The molecule has 1 unspecified atom stereocenters. The molecule has 0 rings (SSSR count). The molecule has 0 saturated carbocycles. The number of rotatable bonds is 5. The van der Waals surface area contributed by atoms with Crippen LogP contribution in [0.4, 0.5) is 0 Å². The van der Waals surface area contributed by atoms with Gasteiger partial charge in [0.2, 0.25) is 0 Å². The maximum Gasteiger partial charge on any atom is 0.315 e. The lowest BCUT2D eigenvalue weighted by molar-refractivity contribution is -0.147. The molecule has 0 saturated heterocycles. The van der Waals surface area contributed by atoms with E-state index in [0.29, 0.717) is 19.3 Å². The second kappa shape index (κ2) is 5.85. The molecule has 0 aliphatic carbocycles. The molecular weight excluding hydrogens is 148 g/mol. The number of hydrogen-bond acceptors (Lipinski definition) is 4. The third-order valence-electron chi connectivity index (χ3n) is 1.30. The smallest absolute Gasteiger partial charge is 0.315 e. The third-order valence-corrected chi connectivity index (χ3v) is 1.30. The van der Waals surface area contributed by atoms with E-state index in [2.05, 4.69) is 4.74 Å². The molecule has 1 atom stereocenters. The van der Waals surface area contributed by atoms with Crippen molar-refractivity contribution in [1.29, 1.82) is 0 Å². The molecule has 0 radical (unpaired) electrons. The van der Waals surface area contributed by atoms with Crippen molar-refractivity contribution >= 4 is 12.3 Å². The second-order valence-electron chi connectivity index (χ2n) is 2.05. The van der Waals surface area contributed by atoms with Crippen LogP contribution in [0.3, 0.4) is 0 Å². The van der Waals surface area contributed by atoms with E-state index >= 15 is 0 Å². The predicted octanol–water partition coefficient (Wildman–Crippen LogP) is 0.0110. The SMILES string of the molecule is COCCC(C=O)C(=O)OC. The van der Waals surface area contributed by atoms with Gasteiger partial charge >= 0.3 is 5.97 Å². The van der Waals surface area contributed by atoms with Crippen molar-refractivity contribution in [3.63, 3.8) is 0 Å². The largest absolute Gasteiger partial charge is 0.468 e. The molecule has 0 N–H and O–H groups in total. The minimum Gasteiger partial charge on any atom is -0.468 e. The van der Waals surface area contributed by atoms with Crippen molar-refractivity contribution in [2.45, 2.75) is 6.42 Å². The van der Waals surface area contributed by atoms with Crippen molar-refractivity contribution in [2.24, 2.45) is 5.92 Å². The minimum absolute atomic E-state index is 0.382. The Morgan fingerprint density at radius 2 is 2.18 bits per heavy atom. The molecule has 0 aromatic heterocycles. The molecule has 0 aliphatic rings. The molecule has 4 nitrogen and oxygen atoms in total. The van der Waals surface area contributed by atoms with E-state index < -0.39 is 11.9 Å². The summed E-state index contributed by atoms with van der Waals surface area (Å²) >= 11 is 0. The quantitative estimate of drug-likeness (QED) is 0.323. The van der Waals surface area contributed by atoms with Gasteiger partial charge in [-0.05, 0) is 6.42 Å². The number of esters is 1. The van der Waals surface area contributed by atoms with Gasteiger partial charge in [-0.2, -0.15) is 0 Å². The van der Waals surface area contributed by atoms with E-state index in [4.69, 9.17) is 4.74 Å². The van der Waals surface area contributed by atoms with Crippen molar-refractivity contribution in [3.05, 3.63) is 0 Å². The lowest BCUT2D eigenvalue weighted by Gasteiger charge is -2.05. The summed E-state index contributed by atoms with van der Waals surface area (Å²) in [6.45, 7) is 0.387. The molecule has 0 spiro atoms. The van der Waals surface area contributed by atoms with Crippen molar-refractivity contribution in [3.8, 4) is 0 Å². The van der Waals surface area contributed by atoms with Gasteiger partial charge in [0.1, 0.15) is 12.2 Å².